The van der Waals surface area contributed by atoms with Crippen LogP contribution in [0.5, 0.6) is 5.88 Å². The topological polar surface area (TPSA) is 87.2 Å². The zero-order valence-electron chi connectivity index (χ0n) is 21.0. The SMILES string of the molecule is COc1cc(C=O)cc2nc(-c3cc4ccc(-c5cccnc5-c5cncs5)nc4n3CC3CC3)c(C)n12. The Hall–Kier alpha value is -4.37. The molecule has 0 bridgehead atoms. The van der Waals surface area contributed by atoms with Gasteiger partial charge in [-0.2, -0.15) is 0 Å². The monoisotopic (exact) mass is 520 g/mol. The van der Waals surface area contributed by atoms with Crippen LogP contribution in [0.25, 0.3) is 49.9 Å². The minimum absolute atomic E-state index is 0.531. The summed E-state index contributed by atoms with van der Waals surface area (Å²) in [5.74, 6) is 1.22. The molecule has 0 aromatic carbocycles. The van der Waals surface area contributed by atoms with Crippen LogP contribution in [0.15, 0.2) is 60.4 Å². The van der Waals surface area contributed by atoms with Crippen LogP contribution in [0.4, 0.5) is 0 Å². The normalized spacial score (nSPS) is 13.4. The van der Waals surface area contributed by atoms with Crippen molar-refractivity contribution in [2.75, 3.05) is 7.11 Å². The van der Waals surface area contributed by atoms with Crippen molar-refractivity contribution in [1.82, 2.24) is 28.9 Å². The van der Waals surface area contributed by atoms with E-state index < -0.39 is 0 Å². The fraction of sp³-hybridized carbons (Fsp3) is 0.207. The largest absolute Gasteiger partial charge is 0.482 e. The van der Waals surface area contributed by atoms with Crippen molar-refractivity contribution in [3.05, 3.63) is 71.6 Å². The Balaban J connectivity index is 1.43. The summed E-state index contributed by atoms with van der Waals surface area (Å²) in [6.45, 7) is 2.92. The standard InChI is InChI=1S/C29H24N6O2S/c1-17-27(33-25-10-19(15-36)11-26(37-2)35(17)25)23-12-20-7-8-22(32-29(20)34(23)14-18-5-6-18)21-4-3-9-31-28(21)24-13-30-16-38-24/h3-4,7-13,15-16,18H,5-6,14H2,1-2H3. The molecule has 0 radical (unpaired) electrons. The number of thiazole rings is 1. The molecular weight excluding hydrogens is 496 g/mol. The van der Waals surface area contributed by atoms with E-state index in [1.807, 2.05) is 35.3 Å². The second-order valence-electron chi connectivity index (χ2n) is 9.65. The number of aromatic nitrogens is 6. The lowest BCUT2D eigenvalue weighted by Crippen LogP contribution is -2.04. The molecule has 38 heavy (non-hydrogen) atoms. The molecule has 9 heteroatoms. The molecule has 0 amide bonds. The smallest absolute Gasteiger partial charge is 0.199 e. The maximum Gasteiger partial charge on any atom is 0.199 e. The van der Waals surface area contributed by atoms with E-state index in [2.05, 4.69) is 38.8 Å². The molecule has 1 fully saturated rings. The van der Waals surface area contributed by atoms with E-state index in [9.17, 15) is 4.79 Å². The van der Waals surface area contributed by atoms with Crippen LogP contribution in [0, 0.1) is 12.8 Å². The number of rotatable bonds is 7. The van der Waals surface area contributed by atoms with Gasteiger partial charge in [-0.15, -0.1) is 11.3 Å². The molecule has 1 aliphatic rings. The summed E-state index contributed by atoms with van der Waals surface area (Å²) in [5, 5.41) is 1.06. The number of nitrogens with zero attached hydrogens (tertiary/aromatic N) is 6. The van der Waals surface area contributed by atoms with Crippen LogP contribution in [0.2, 0.25) is 0 Å². The average molecular weight is 521 g/mol. The van der Waals surface area contributed by atoms with E-state index in [-0.39, 0.29) is 0 Å². The summed E-state index contributed by atoms with van der Waals surface area (Å²) in [7, 11) is 1.61. The molecule has 0 saturated heterocycles. The molecule has 0 spiro atoms. The van der Waals surface area contributed by atoms with Crippen LogP contribution < -0.4 is 4.74 Å². The first-order valence-electron chi connectivity index (χ1n) is 12.5. The average Bonchev–Trinajstić information content (AvgIpc) is 3.32. The summed E-state index contributed by atoms with van der Waals surface area (Å²) >= 11 is 1.57. The Morgan fingerprint density at radius 1 is 1.13 bits per heavy atom. The molecule has 0 aliphatic heterocycles. The van der Waals surface area contributed by atoms with Crippen LogP contribution >= 0.6 is 11.3 Å². The van der Waals surface area contributed by atoms with Crippen LogP contribution in [-0.2, 0) is 6.54 Å². The zero-order chi connectivity index (χ0) is 25.8. The highest BCUT2D eigenvalue weighted by molar-refractivity contribution is 7.13. The number of imidazole rings is 1. The van der Waals surface area contributed by atoms with Gasteiger partial charge in [0.2, 0.25) is 0 Å². The molecule has 6 aromatic heterocycles. The first-order valence-corrected chi connectivity index (χ1v) is 13.4. The Kier molecular flexibility index (Phi) is 5.33. The van der Waals surface area contributed by atoms with Gasteiger partial charge in [0.05, 0.1) is 40.3 Å². The highest BCUT2D eigenvalue weighted by atomic mass is 32.1. The summed E-state index contributed by atoms with van der Waals surface area (Å²) in [5.41, 5.74) is 9.53. The Morgan fingerprint density at radius 2 is 2.03 bits per heavy atom. The highest BCUT2D eigenvalue weighted by Gasteiger charge is 2.27. The van der Waals surface area contributed by atoms with Gasteiger partial charge in [0.15, 0.2) is 5.88 Å². The Morgan fingerprint density at radius 3 is 2.79 bits per heavy atom. The molecule has 0 atom stereocenters. The third-order valence-electron chi connectivity index (χ3n) is 7.16. The summed E-state index contributed by atoms with van der Waals surface area (Å²) < 4.78 is 9.87. The predicted molar refractivity (Wildman–Crippen MR) is 148 cm³/mol. The van der Waals surface area contributed by atoms with Crippen LogP contribution in [0.3, 0.4) is 0 Å². The molecule has 8 nitrogen and oxygen atoms in total. The molecule has 1 aliphatic carbocycles. The van der Waals surface area contributed by atoms with Crippen molar-refractivity contribution in [1.29, 1.82) is 0 Å². The van der Waals surface area contributed by atoms with Gasteiger partial charge in [0, 0.05) is 41.5 Å². The Labute approximate surface area is 222 Å². The molecule has 7 rings (SSSR count). The number of fused-ring (bicyclic) bond motifs is 2. The number of ether oxygens (including phenoxy) is 1. The minimum atomic E-state index is 0.531. The van der Waals surface area contributed by atoms with Crippen LogP contribution in [0.1, 0.15) is 28.9 Å². The number of carbonyl (C=O) groups is 1. The van der Waals surface area contributed by atoms with E-state index >= 15 is 0 Å². The number of hydrogen-bond acceptors (Lipinski definition) is 7. The minimum Gasteiger partial charge on any atom is -0.482 e. The third-order valence-corrected chi connectivity index (χ3v) is 7.94. The van der Waals surface area contributed by atoms with E-state index in [1.54, 1.807) is 30.6 Å². The van der Waals surface area contributed by atoms with Gasteiger partial charge in [-0.3, -0.25) is 19.2 Å². The van der Waals surface area contributed by atoms with Crippen LogP contribution in [-0.4, -0.2) is 42.3 Å². The Bertz CT molecular complexity index is 1830. The number of aryl methyl sites for hydroxylation is 1. The maximum absolute atomic E-state index is 11.5. The van der Waals surface area contributed by atoms with Gasteiger partial charge >= 0.3 is 0 Å². The van der Waals surface area contributed by atoms with Crippen molar-refractivity contribution < 1.29 is 9.53 Å². The molecule has 6 aromatic rings. The van der Waals surface area contributed by atoms with Crippen molar-refractivity contribution in [2.24, 2.45) is 5.92 Å². The van der Waals surface area contributed by atoms with Gasteiger partial charge in [0.25, 0.3) is 0 Å². The maximum atomic E-state index is 11.5. The molecule has 6 heterocycles. The van der Waals surface area contributed by atoms with Crippen molar-refractivity contribution in [2.45, 2.75) is 26.3 Å². The van der Waals surface area contributed by atoms with E-state index in [1.165, 1.54) is 12.8 Å². The summed E-state index contributed by atoms with van der Waals surface area (Å²) in [4.78, 5) is 31.6. The summed E-state index contributed by atoms with van der Waals surface area (Å²) in [6.07, 6.45) is 6.91. The number of pyridine rings is 3. The van der Waals surface area contributed by atoms with Crippen molar-refractivity contribution in [3.63, 3.8) is 0 Å². The first kappa shape index (κ1) is 22.8. The number of carbonyl (C=O) groups excluding carboxylic acids is 1. The first-order chi connectivity index (χ1) is 18.6. The van der Waals surface area contributed by atoms with Crippen molar-refractivity contribution >= 4 is 34.3 Å². The molecular formula is C29H24N6O2S. The predicted octanol–water partition coefficient (Wildman–Crippen LogP) is 6.08. The van der Waals surface area contributed by atoms with E-state index in [4.69, 9.17) is 14.7 Å². The highest BCUT2D eigenvalue weighted by Crippen LogP contribution is 2.38. The van der Waals surface area contributed by atoms with Gasteiger partial charge in [-0.05, 0) is 62.1 Å². The molecule has 0 N–H and O–H groups in total. The summed E-state index contributed by atoms with van der Waals surface area (Å²) in [6, 6.07) is 13.9. The van der Waals surface area contributed by atoms with E-state index in [0.717, 1.165) is 62.8 Å². The second kappa shape index (κ2) is 8.88. The van der Waals surface area contributed by atoms with Gasteiger partial charge in [0.1, 0.15) is 23.3 Å². The number of methoxy groups -OCH3 is 1. The lowest BCUT2D eigenvalue weighted by Gasteiger charge is -2.11. The molecule has 1 saturated carbocycles. The lowest BCUT2D eigenvalue weighted by molar-refractivity contribution is 0.112. The van der Waals surface area contributed by atoms with Gasteiger partial charge in [-0.25, -0.2) is 9.97 Å². The third kappa shape index (κ3) is 3.69. The zero-order valence-corrected chi connectivity index (χ0v) is 21.8. The van der Waals surface area contributed by atoms with Gasteiger partial charge < -0.3 is 9.30 Å². The molecule has 188 valence electrons. The lowest BCUT2D eigenvalue weighted by atomic mass is 10.1. The fourth-order valence-corrected chi connectivity index (χ4v) is 5.75. The van der Waals surface area contributed by atoms with Gasteiger partial charge in [-0.1, -0.05) is 0 Å². The second-order valence-corrected chi connectivity index (χ2v) is 10.5. The van der Waals surface area contributed by atoms with Crippen molar-refractivity contribution in [3.8, 4) is 39.1 Å². The fourth-order valence-electron chi connectivity index (χ4n) is 5.11. The number of aldehydes is 1. The molecule has 0 unspecified atom stereocenters. The van der Waals surface area contributed by atoms with E-state index in [0.29, 0.717) is 23.0 Å². The quantitative estimate of drug-likeness (QED) is 0.237. The number of hydrogen-bond donors (Lipinski definition) is 0.